The second-order valence-corrected chi connectivity index (χ2v) is 4.53. The van der Waals surface area contributed by atoms with Crippen molar-refractivity contribution in [2.75, 3.05) is 13.7 Å². The number of rotatable bonds is 8. The largest absolute Gasteiger partial charge is 0.497 e. The van der Waals surface area contributed by atoms with E-state index in [1.807, 2.05) is 0 Å². The number of carbonyl (C=O) groups is 1. The van der Waals surface area contributed by atoms with E-state index in [1.54, 1.807) is 31.4 Å². The van der Waals surface area contributed by atoms with E-state index < -0.39 is 6.10 Å². The molecular formula is C15H23NO3. The zero-order chi connectivity index (χ0) is 14.1. The summed E-state index contributed by atoms with van der Waals surface area (Å²) in [6.45, 7) is 2.75. The lowest BCUT2D eigenvalue weighted by atomic mass is 10.1. The number of aliphatic hydroxyl groups excluding tert-OH is 1. The highest BCUT2D eigenvalue weighted by atomic mass is 16.5. The molecule has 1 rings (SSSR count). The predicted octanol–water partition coefficient (Wildman–Crippen LogP) is 2.43. The molecule has 0 aromatic heterocycles. The molecule has 1 atom stereocenters. The Labute approximate surface area is 114 Å². The Morgan fingerprint density at radius 1 is 1.37 bits per heavy atom. The lowest BCUT2D eigenvalue weighted by Crippen LogP contribution is -2.30. The summed E-state index contributed by atoms with van der Waals surface area (Å²) in [7, 11) is 1.55. The summed E-state index contributed by atoms with van der Waals surface area (Å²) in [6.07, 6.45) is 3.26. The molecule has 4 nitrogen and oxygen atoms in total. The van der Waals surface area contributed by atoms with E-state index in [2.05, 4.69) is 12.2 Å². The van der Waals surface area contributed by atoms with E-state index in [0.717, 1.165) is 12.8 Å². The van der Waals surface area contributed by atoms with Crippen LogP contribution in [0.5, 0.6) is 5.75 Å². The van der Waals surface area contributed by atoms with E-state index in [9.17, 15) is 9.90 Å². The van der Waals surface area contributed by atoms with Crippen LogP contribution in [0, 0.1) is 0 Å². The van der Waals surface area contributed by atoms with Crippen LogP contribution in [-0.4, -0.2) is 24.7 Å². The number of benzene rings is 1. The van der Waals surface area contributed by atoms with E-state index in [4.69, 9.17) is 4.74 Å². The van der Waals surface area contributed by atoms with Crippen LogP contribution >= 0.6 is 0 Å². The molecule has 19 heavy (non-hydrogen) atoms. The number of carbonyl (C=O) groups excluding carboxylic acids is 1. The Hall–Kier alpha value is -1.55. The fourth-order valence-electron chi connectivity index (χ4n) is 1.82. The standard InChI is InChI=1S/C15H23NO3/c1-3-4-5-6-10-16-15(18)14(17)12-8-7-9-13(11-12)19-2/h7-9,11,14,17H,3-6,10H2,1-2H3,(H,16,18). The molecule has 1 aromatic rings. The Kier molecular flexibility index (Phi) is 6.97. The maximum absolute atomic E-state index is 11.8. The first-order chi connectivity index (χ1) is 9.19. The lowest BCUT2D eigenvalue weighted by Gasteiger charge is -2.12. The predicted molar refractivity (Wildman–Crippen MR) is 75.1 cm³/mol. The average molecular weight is 265 g/mol. The number of hydrogen-bond acceptors (Lipinski definition) is 3. The molecule has 0 saturated carbocycles. The van der Waals surface area contributed by atoms with Gasteiger partial charge in [0.2, 0.25) is 0 Å². The molecule has 0 aliphatic carbocycles. The van der Waals surface area contributed by atoms with E-state index >= 15 is 0 Å². The second-order valence-electron chi connectivity index (χ2n) is 4.53. The van der Waals surface area contributed by atoms with Crippen LogP contribution in [0.4, 0.5) is 0 Å². The first kappa shape index (κ1) is 15.5. The Bertz CT molecular complexity index is 393. The monoisotopic (exact) mass is 265 g/mol. The zero-order valence-corrected chi connectivity index (χ0v) is 11.7. The molecule has 1 unspecified atom stereocenters. The van der Waals surface area contributed by atoms with Gasteiger partial charge < -0.3 is 15.2 Å². The van der Waals surface area contributed by atoms with Crippen molar-refractivity contribution in [3.05, 3.63) is 29.8 Å². The average Bonchev–Trinajstić information content (AvgIpc) is 2.46. The summed E-state index contributed by atoms with van der Waals surface area (Å²) in [4.78, 5) is 11.8. The number of ether oxygens (including phenoxy) is 1. The maximum atomic E-state index is 11.8. The summed E-state index contributed by atoms with van der Waals surface area (Å²) in [5, 5.41) is 12.7. The van der Waals surface area contributed by atoms with Gasteiger partial charge in [0, 0.05) is 6.54 Å². The Morgan fingerprint density at radius 3 is 2.84 bits per heavy atom. The Balaban J connectivity index is 2.42. The lowest BCUT2D eigenvalue weighted by molar-refractivity contribution is -0.129. The first-order valence-corrected chi connectivity index (χ1v) is 6.78. The van der Waals surface area contributed by atoms with Gasteiger partial charge in [-0.05, 0) is 24.1 Å². The summed E-state index contributed by atoms with van der Waals surface area (Å²) in [5.74, 6) is 0.275. The summed E-state index contributed by atoms with van der Waals surface area (Å²) in [5.41, 5.74) is 0.547. The van der Waals surface area contributed by atoms with Gasteiger partial charge in [-0.3, -0.25) is 4.79 Å². The van der Waals surface area contributed by atoms with Crippen LogP contribution in [0.2, 0.25) is 0 Å². The molecule has 0 radical (unpaired) electrons. The highest BCUT2D eigenvalue weighted by molar-refractivity contribution is 5.81. The maximum Gasteiger partial charge on any atom is 0.253 e. The molecule has 0 saturated heterocycles. The van der Waals surface area contributed by atoms with Crippen LogP contribution in [0.15, 0.2) is 24.3 Å². The molecule has 106 valence electrons. The third kappa shape index (κ3) is 5.30. The molecular weight excluding hydrogens is 242 g/mol. The second kappa shape index (κ2) is 8.53. The third-order valence-electron chi connectivity index (χ3n) is 2.99. The van der Waals surface area contributed by atoms with Crippen molar-refractivity contribution in [3.63, 3.8) is 0 Å². The zero-order valence-electron chi connectivity index (χ0n) is 11.7. The number of unbranched alkanes of at least 4 members (excludes halogenated alkanes) is 3. The SMILES string of the molecule is CCCCCCNC(=O)C(O)c1cccc(OC)c1. The smallest absolute Gasteiger partial charge is 0.253 e. The van der Waals surface area contributed by atoms with E-state index in [0.29, 0.717) is 17.9 Å². The highest BCUT2D eigenvalue weighted by Crippen LogP contribution is 2.19. The van der Waals surface area contributed by atoms with Crippen LogP contribution in [0.1, 0.15) is 44.3 Å². The van der Waals surface area contributed by atoms with Crippen LogP contribution in [0.25, 0.3) is 0 Å². The fraction of sp³-hybridized carbons (Fsp3) is 0.533. The molecule has 0 bridgehead atoms. The van der Waals surface area contributed by atoms with Gasteiger partial charge in [0.05, 0.1) is 7.11 Å². The van der Waals surface area contributed by atoms with Crippen molar-refractivity contribution in [2.45, 2.75) is 38.7 Å². The van der Waals surface area contributed by atoms with E-state index in [-0.39, 0.29) is 5.91 Å². The third-order valence-corrected chi connectivity index (χ3v) is 2.99. The molecule has 1 amide bonds. The molecule has 1 aromatic carbocycles. The summed E-state index contributed by atoms with van der Waals surface area (Å²) in [6, 6.07) is 6.91. The van der Waals surface area contributed by atoms with Gasteiger partial charge in [-0.15, -0.1) is 0 Å². The minimum Gasteiger partial charge on any atom is -0.497 e. The molecule has 0 aliphatic heterocycles. The number of nitrogens with one attached hydrogen (secondary N) is 1. The fourth-order valence-corrected chi connectivity index (χ4v) is 1.82. The minimum absolute atomic E-state index is 0.357. The minimum atomic E-state index is -1.14. The van der Waals surface area contributed by atoms with Gasteiger partial charge in [-0.25, -0.2) is 0 Å². The first-order valence-electron chi connectivity index (χ1n) is 6.78. The van der Waals surface area contributed by atoms with Gasteiger partial charge in [-0.1, -0.05) is 38.3 Å². The van der Waals surface area contributed by atoms with Crippen molar-refractivity contribution in [3.8, 4) is 5.75 Å². The number of methoxy groups -OCH3 is 1. The van der Waals surface area contributed by atoms with Crippen molar-refractivity contribution < 1.29 is 14.6 Å². The molecule has 0 fully saturated rings. The normalized spacial score (nSPS) is 11.9. The van der Waals surface area contributed by atoms with Crippen LogP contribution < -0.4 is 10.1 Å². The van der Waals surface area contributed by atoms with Crippen LogP contribution in [-0.2, 0) is 4.79 Å². The Morgan fingerprint density at radius 2 is 2.16 bits per heavy atom. The number of hydrogen-bond donors (Lipinski definition) is 2. The van der Waals surface area contributed by atoms with Gasteiger partial charge in [0.25, 0.3) is 5.91 Å². The van der Waals surface area contributed by atoms with Crippen molar-refractivity contribution >= 4 is 5.91 Å². The quantitative estimate of drug-likeness (QED) is 0.710. The molecule has 0 heterocycles. The van der Waals surface area contributed by atoms with Crippen LogP contribution in [0.3, 0.4) is 0 Å². The molecule has 2 N–H and O–H groups in total. The van der Waals surface area contributed by atoms with Crippen molar-refractivity contribution in [1.29, 1.82) is 0 Å². The van der Waals surface area contributed by atoms with Crippen molar-refractivity contribution in [1.82, 2.24) is 5.32 Å². The highest BCUT2D eigenvalue weighted by Gasteiger charge is 2.16. The number of amides is 1. The van der Waals surface area contributed by atoms with Gasteiger partial charge in [-0.2, -0.15) is 0 Å². The molecule has 0 spiro atoms. The summed E-state index contributed by atoms with van der Waals surface area (Å²) < 4.78 is 5.07. The van der Waals surface area contributed by atoms with Gasteiger partial charge >= 0.3 is 0 Å². The van der Waals surface area contributed by atoms with Gasteiger partial charge in [0.15, 0.2) is 6.10 Å². The molecule has 4 heteroatoms. The molecule has 0 aliphatic rings. The van der Waals surface area contributed by atoms with E-state index in [1.165, 1.54) is 12.8 Å². The van der Waals surface area contributed by atoms with Gasteiger partial charge in [0.1, 0.15) is 5.75 Å². The topological polar surface area (TPSA) is 58.6 Å². The summed E-state index contributed by atoms with van der Waals surface area (Å²) >= 11 is 0. The number of aliphatic hydroxyl groups is 1. The van der Waals surface area contributed by atoms with Crippen molar-refractivity contribution in [2.24, 2.45) is 0 Å².